The number of nitrogens with zero attached hydrogens (tertiary/aromatic N) is 1. The van der Waals surface area contributed by atoms with Crippen molar-refractivity contribution in [1.82, 2.24) is 5.32 Å². The average molecular weight is 341 g/mol. The zero-order valence-corrected chi connectivity index (χ0v) is 14.0. The van der Waals surface area contributed by atoms with Crippen LogP contribution in [0.2, 0.25) is 0 Å². The highest BCUT2D eigenvalue weighted by Gasteiger charge is 2.25. The predicted molar refractivity (Wildman–Crippen MR) is 86.4 cm³/mol. The second kappa shape index (κ2) is 8.63. The van der Waals surface area contributed by atoms with E-state index in [1.54, 1.807) is 0 Å². The van der Waals surface area contributed by atoms with E-state index in [9.17, 15) is 5.26 Å². The van der Waals surface area contributed by atoms with Gasteiger partial charge in [0.2, 0.25) is 0 Å². The van der Waals surface area contributed by atoms with E-state index < -0.39 is 0 Å². The second-order valence-electron chi connectivity index (χ2n) is 4.46. The fourth-order valence-electron chi connectivity index (χ4n) is 2.02. The largest absolute Gasteiger partial charge is 0.300 e. The Kier molecular flexibility index (Phi) is 7.52. The second-order valence-corrected chi connectivity index (χ2v) is 6.45. The standard InChI is InChI=1S/C15H21BrN2S/c1-3-15(12-17,18-4-2)10-7-11-19-14-9-6-5-8-13(14)16/h5-6,8-9,18H,3-4,7,10-11H2,1-2H3. The quantitative estimate of drug-likeness (QED) is 0.554. The molecular weight excluding hydrogens is 320 g/mol. The van der Waals surface area contributed by atoms with Crippen LogP contribution in [0.25, 0.3) is 0 Å². The number of nitrogens with one attached hydrogen (secondary N) is 1. The van der Waals surface area contributed by atoms with Crippen LogP contribution in [0.5, 0.6) is 0 Å². The van der Waals surface area contributed by atoms with Crippen LogP contribution in [-0.2, 0) is 0 Å². The van der Waals surface area contributed by atoms with Crippen molar-refractivity contribution in [2.75, 3.05) is 12.3 Å². The van der Waals surface area contributed by atoms with Gasteiger partial charge in [-0.25, -0.2) is 0 Å². The first-order chi connectivity index (χ1) is 9.17. The molecule has 0 saturated heterocycles. The van der Waals surface area contributed by atoms with Gasteiger partial charge in [0.05, 0.1) is 6.07 Å². The van der Waals surface area contributed by atoms with Gasteiger partial charge in [-0.05, 0) is 59.6 Å². The summed E-state index contributed by atoms with van der Waals surface area (Å²) in [6, 6.07) is 10.7. The van der Waals surface area contributed by atoms with Gasteiger partial charge in [-0.2, -0.15) is 5.26 Å². The summed E-state index contributed by atoms with van der Waals surface area (Å²) in [5, 5.41) is 12.7. The molecule has 0 fully saturated rings. The van der Waals surface area contributed by atoms with Gasteiger partial charge in [-0.1, -0.05) is 26.0 Å². The van der Waals surface area contributed by atoms with Gasteiger partial charge in [0.25, 0.3) is 0 Å². The van der Waals surface area contributed by atoms with Gasteiger partial charge in [0.1, 0.15) is 5.54 Å². The van der Waals surface area contributed by atoms with Crippen molar-refractivity contribution in [3.63, 3.8) is 0 Å². The first kappa shape index (κ1) is 16.6. The minimum atomic E-state index is -0.344. The topological polar surface area (TPSA) is 35.8 Å². The summed E-state index contributed by atoms with van der Waals surface area (Å²) in [4.78, 5) is 1.27. The fraction of sp³-hybridized carbons (Fsp3) is 0.533. The number of nitriles is 1. The molecule has 0 aliphatic heterocycles. The fourth-order valence-corrected chi connectivity index (χ4v) is 3.54. The Morgan fingerprint density at radius 3 is 2.68 bits per heavy atom. The summed E-state index contributed by atoms with van der Waals surface area (Å²) in [6.45, 7) is 4.98. The van der Waals surface area contributed by atoms with Crippen molar-refractivity contribution in [3.8, 4) is 6.07 Å². The average Bonchev–Trinajstić information content (AvgIpc) is 2.44. The summed E-state index contributed by atoms with van der Waals surface area (Å²) >= 11 is 5.40. The van der Waals surface area contributed by atoms with E-state index in [2.05, 4.69) is 59.4 Å². The molecule has 0 spiro atoms. The molecular formula is C15H21BrN2S. The van der Waals surface area contributed by atoms with Gasteiger partial charge >= 0.3 is 0 Å². The normalized spacial score (nSPS) is 13.8. The van der Waals surface area contributed by atoms with Gasteiger partial charge in [0.15, 0.2) is 0 Å². The third-order valence-corrected chi connectivity index (χ3v) is 5.29. The van der Waals surface area contributed by atoms with Gasteiger partial charge in [-0.3, -0.25) is 5.32 Å². The number of hydrogen-bond acceptors (Lipinski definition) is 3. The molecule has 1 unspecified atom stereocenters. The maximum Gasteiger partial charge on any atom is 0.106 e. The Labute approximate surface area is 129 Å². The third kappa shape index (κ3) is 5.18. The highest BCUT2D eigenvalue weighted by molar-refractivity contribution is 9.10. The van der Waals surface area contributed by atoms with Crippen LogP contribution in [0.3, 0.4) is 0 Å². The van der Waals surface area contributed by atoms with Gasteiger partial charge in [-0.15, -0.1) is 11.8 Å². The Balaban J connectivity index is 2.42. The highest BCUT2D eigenvalue weighted by Crippen LogP contribution is 2.28. The minimum Gasteiger partial charge on any atom is -0.300 e. The SMILES string of the molecule is CCNC(C#N)(CC)CCCSc1ccccc1Br. The molecule has 104 valence electrons. The van der Waals surface area contributed by atoms with Crippen LogP contribution >= 0.6 is 27.7 Å². The predicted octanol–water partition coefficient (Wildman–Crippen LogP) is 4.60. The molecule has 0 saturated carbocycles. The molecule has 0 heterocycles. The third-order valence-electron chi connectivity index (χ3n) is 3.17. The number of halogens is 1. The smallest absolute Gasteiger partial charge is 0.106 e. The highest BCUT2D eigenvalue weighted by atomic mass is 79.9. The zero-order chi connectivity index (χ0) is 14.1. The molecule has 1 aromatic carbocycles. The molecule has 0 bridgehead atoms. The summed E-state index contributed by atoms with van der Waals surface area (Å²) in [7, 11) is 0. The first-order valence-corrected chi connectivity index (χ1v) is 8.49. The number of thioether (sulfide) groups is 1. The number of hydrogen-bond donors (Lipinski definition) is 1. The van der Waals surface area contributed by atoms with E-state index in [4.69, 9.17) is 0 Å². The van der Waals surface area contributed by atoms with Gasteiger partial charge < -0.3 is 0 Å². The van der Waals surface area contributed by atoms with Gasteiger partial charge in [0, 0.05) is 9.37 Å². The molecule has 2 nitrogen and oxygen atoms in total. The Morgan fingerprint density at radius 2 is 2.11 bits per heavy atom. The monoisotopic (exact) mass is 340 g/mol. The molecule has 4 heteroatoms. The van der Waals surface area contributed by atoms with Crippen LogP contribution in [0.15, 0.2) is 33.6 Å². The minimum absolute atomic E-state index is 0.344. The Bertz CT molecular complexity index is 430. The van der Waals surface area contributed by atoms with Crippen LogP contribution in [0, 0.1) is 11.3 Å². The van der Waals surface area contributed by atoms with E-state index >= 15 is 0 Å². The van der Waals surface area contributed by atoms with Crippen LogP contribution < -0.4 is 5.32 Å². The molecule has 0 aliphatic carbocycles. The first-order valence-electron chi connectivity index (χ1n) is 6.71. The van der Waals surface area contributed by atoms with Crippen molar-refractivity contribution >= 4 is 27.7 Å². The Morgan fingerprint density at radius 1 is 1.37 bits per heavy atom. The molecule has 1 atom stereocenters. The van der Waals surface area contributed by atoms with Crippen LogP contribution in [-0.4, -0.2) is 17.8 Å². The summed E-state index contributed by atoms with van der Waals surface area (Å²) < 4.78 is 1.15. The molecule has 0 radical (unpaired) electrons. The lowest BCUT2D eigenvalue weighted by Gasteiger charge is -2.25. The summed E-state index contributed by atoms with van der Waals surface area (Å²) in [6.07, 6.45) is 2.81. The van der Waals surface area contributed by atoms with E-state index in [0.717, 1.165) is 36.0 Å². The zero-order valence-electron chi connectivity index (χ0n) is 11.6. The molecule has 19 heavy (non-hydrogen) atoms. The maximum absolute atomic E-state index is 9.34. The van der Waals surface area contributed by atoms with Crippen molar-refractivity contribution in [2.45, 2.75) is 43.5 Å². The number of benzene rings is 1. The molecule has 1 rings (SSSR count). The summed E-state index contributed by atoms with van der Waals surface area (Å²) in [5.41, 5.74) is -0.344. The van der Waals surface area contributed by atoms with Crippen molar-refractivity contribution < 1.29 is 0 Å². The van der Waals surface area contributed by atoms with E-state index in [0.29, 0.717) is 0 Å². The summed E-state index contributed by atoms with van der Waals surface area (Å²) in [5.74, 6) is 1.04. The molecule has 1 aromatic rings. The maximum atomic E-state index is 9.34. The lowest BCUT2D eigenvalue weighted by atomic mass is 9.92. The van der Waals surface area contributed by atoms with Crippen molar-refractivity contribution in [2.24, 2.45) is 0 Å². The van der Waals surface area contributed by atoms with Crippen molar-refractivity contribution in [3.05, 3.63) is 28.7 Å². The lowest BCUT2D eigenvalue weighted by molar-refractivity contribution is 0.379. The Hall–Kier alpha value is -0.500. The lowest BCUT2D eigenvalue weighted by Crippen LogP contribution is -2.43. The van der Waals surface area contributed by atoms with Crippen LogP contribution in [0.1, 0.15) is 33.1 Å². The van der Waals surface area contributed by atoms with E-state index in [1.807, 2.05) is 17.8 Å². The van der Waals surface area contributed by atoms with E-state index in [1.165, 1.54) is 4.90 Å². The van der Waals surface area contributed by atoms with Crippen molar-refractivity contribution in [1.29, 1.82) is 5.26 Å². The molecule has 0 amide bonds. The number of rotatable bonds is 8. The molecule has 1 N–H and O–H groups in total. The van der Waals surface area contributed by atoms with E-state index in [-0.39, 0.29) is 5.54 Å². The van der Waals surface area contributed by atoms with Crippen LogP contribution in [0.4, 0.5) is 0 Å². The molecule has 0 aromatic heterocycles. The molecule has 0 aliphatic rings.